The second kappa shape index (κ2) is 8.13. The number of aromatic nitrogens is 4. The number of thioether (sulfide) groups is 1. The number of imidazole rings is 1. The number of benzene rings is 2. The number of para-hydroxylation sites is 1. The number of aromatic amines is 1. The normalized spacial score (nSPS) is 12.2. The summed E-state index contributed by atoms with van der Waals surface area (Å²) in [6, 6.07) is 15.9. The molecule has 7 heteroatoms. The first-order valence-corrected chi connectivity index (χ1v) is 10.5. The van der Waals surface area contributed by atoms with Gasteiger partial charge in [-0.3, -0.25) is 4.79 Å². The summed E-state index contributed by atoms with van der Waals surface area (Å²) in [5, 5.41) is 8.30. The number of H-pyrrole nitrogens is 1. The minimum atomic E-state index is -0.126. The van der Waals surface area contributed by atoms with Crippen molar-refractivity contribution in [3.8, 4) is 5.69 Å². The van der Waals surface area contributed by atoms with Gasteiger partial charge in [0, 0.05) is 11.3 Å². The fraction of sp³-hybridized carbons (Fsp3) is 0.227. The van der Waals surface area contributed by atoms with Gasteiger partial charge in [-0.2, -0.15) is 5.10 Å². The first-order chi connectivity index (χ1) is 14.0. The smallest absolute Gasteiger partial charge is 0.230 e. The van der Waals surface area contributed by atoms with E-state index in [1.807, 2.05) is 74.1 Å². The fourth-order valence-corrected chi connectivity index (χ4v) is 4.04. The van der Waals surface area contributed by atoms with Gasteiger partial charge in [-0.1, -0.05) is 36.0 Å². The maximum atomic E-state index is 12.5. The molecule has 2 aromatic carbocycles. The van der Waals surface area contributed by atoms with E-state index in [0.717, 1.165) is 33.1 Å². The molecule has 2 N–H and O–H groups in total. The Hall–Kier alpha value is -3.06. The maximum Gasteiger partial charge on any atom is 0.230 e. The van der Waals surface area contributed by atoms with Crippen molar-refractivity contribution in [3.63, 3.8) is 0 Å². The topological polar surface area (TPSA) is 75.6 Å². The van der Waals surface area contributed by atoms with Crippen molar-refractivity contribution < 1.29 is 4.79 Å². The monoisotopic (exact) mass is 405 g/mol. The van der Waals surface area contributed by atoms with Crippen LogP contribution in [0.25, 0.3) is 16.7 Å². The van der Waals surface area contributed by atoms with Crippen LogP contribution in [0.2, 0.25) is 0 Å². The summed E-state index contributed by atoms with van der Waals surface area (Å²) < 4.78 is 1.89. The van der Waals surface area contributed by atoms with Crippen LogP contribution in [-0.4, -0.2) is 31.4 Å². The zero-order chi connectivity index (χ0) is 20.4. The molecule has 0 aliphatic rings. The van der Waals surface area contributed by atoms with Crippen molar-refractivity contribution in [2.24, 2.45) is 0 Å². The molecular formula is C22H23N5OS. The van der Waals surface area contributed by atoms with E-state index in [4.69, 9.17) is 0 Å². The highest BCUT2D eigenvalue weighted by Crippen LogP contribution is 2.22. The predicted molar refractivity (Wildman–Crippen MR) is 116 cm³/mol. The summed E-state index contributed by atoms with van der Waals surface area (Å²) >= 11 is 1.40. The molecule has 0 aliphatic heterocycles. The molecule has 0 aliphatic carbocycles. The third kappa shape index (κ3) is 4.19. The zero-order valence-corrected chi connectivity index (χ0v) is 17.5. The molecule has 0 unspecified atom stereocenters. The van der Waals surface area contributed by atoms with Crippen molar-refractivity contribution in [3.05, 3.63) is 71.5 Å². The van der Waals surface area contributed by atoms with E-state index in [0.29, 0.717) is 5.75 Å². The summed E-state index contributed by atoms with van der Waals surface area (Å²) in [4.78, 5) is 20.3. The van der Waals surface area contributed by atoms with Gasteiger partial charge in [0.25, 0.3) is 0 Å². The van der Waals surface area contributed by atoms with Crippen molar-refractivity contribution in [2.45, 2.75) is 32.0 Å². The van der Waals surface area contributed by atoms with E-state index < -0.39 is 0 Å². The standard InChI is InChI=1S/C22H23N5OS/c1-14-9-10-19-20(11-14)26-22(25-19)29-13-21(28)24-15(2)18-12-23-27(16(18)3)17-7-5-4-6-8-17/h4-12,15H,13H2,1-3H3,(H,24,28)(H,25,26)/t15-/m0/s1. The van der Waals surface area contributed by atoms with Gasteiger partial charge in [0.15, 0.2) is 5.16 Å². The van der Waals surface area contributed by atoms with Crippen LogP contribution in [0.5, 0.6) is 0 Å². The van der Waals surface area contributed by atoms with Crippen molar-refractivity contribution in [2.75, 3.05) is 5.75 Å². The average Bonchev–Trinajstić information content (AvgIpc) is 3.29. The number of aryl methyl sites for hydroxylation is 1. The lowest BCUT2D eigenvalue weighted by Gasteiger charge is -2.14. The minimum Gasteiger partial charge on any atom is -0.349 e. The number of amides is 1. The highest BCUT2D eigenvalue weighted by Gasteiger charge is 2.17. The lowest BCUT2D eigenvalue weighted by atomic mass is 10.1. The Labute approximate surface area is 173 Å². The summed E-state index contributed by atoms with van der Waals surface area (Å²) in [7, 11) is 0. The molecule has 1 atom stereocenters. The third-order valence-electron chi connectivity index (χ3n) is 4.85. The number of rotatable bonds is 6. The Morgan fingerprint density at radius 3 is 2.79 bits per heavy atom. The van der Waals surface area contributed by atoms with Gasteiger partial charge < -0.3 is 10.3 Å². The van der Waals surface area contributed by atoms with Crippen LogP contribution in [0.1, 0.15) is 29.8 Å². The summed E-state index contributed by atoms with van der Waals surface area (Å²) in [5.41, 5.74) is 6.11. The molecule has 6 nitrogen and oxygen atoms in total. The Balaban J connectivity index is 1.38. The Morgan fingerprint density at radius 1 is 1.21 bits per heavy atom. The molecule has 0 fully saturated rings. The first-order valence-electron chi connectivity index (χ1n) is 9.50. The molecule has 2 heterocycles. The van der Waals surface area contributed by atoms with Crippen LogP contribution in [-0.2, 0) is 4.79 Å². The van der Waals surface area contributed by atoms with Gasteiger partial charge >= 0.3 is 0 Å². The highest BCUT2D eigenvalue weighted by molar-refractivity contribution is 7.99. The van der Waals surface area contributed by atoms with E-state index in [9.17, 15) is 4.79 Å². The number of nitrogens with one attached hydrogen (secondary N) is 2. The van der Waals surface area contributed by atoms with Gasteiger partial charge in [0.1, 0.15) is 0 Å². The molecule has 0 saturated heterocycles. The van der Waals surface area contributed by atoms with Gasteiger partial charge in [-0.05, 0) is 50.6 Å². The summed E-state index contributed by atoms with van der Waals surface area (Å²) in [6.07, 6.45) is 1.82. The predicted octanol–water partition coefficient (Wildman–Crippen LogP) is 4.33. The molecule has 0 bridgehead atoms. The molecular weight excluding hydrogens is 382 g/mol. The Kier molecular flexibility index (Phi) is 5.40. The number of nitrogens with zero attached hydrogens (tertiary/aromatic N) is 3. The van der Waals surface area contributed by atoms with Crippen LogP contribution in [0.3, 0.4) is 0 Å². The second-order valence-corrected chi connectivity index (χ2v) is 8.04. The molecule has 1 amide bonds. The Morgan fingerprint density at radius 2 is 2.00 bits per heavy atom. The third-order valence-corrected chi connectivity index (χ3v) is 5.72. The van der Waals surface area contributed by atoms with Crippen LogP contribution in [0, 0.1) is 13.8 Å². The molecule has 0 saturated carbocycles. The van der Waals surface area contributed by atoms with E-state index in [1.165, 1.54) is 17.3 Å². The van der Waals surface area contributed by atoms with E-state index in [2.05, 4.69) is 26.4 Å². The highest BCUT2D eigenvalue weighted by atomic mass is 32.2. The number of fused-ring (bicyclic) bond motifs is 1. The number of carbonyl (C=O) groups excluding carboxylic acids is 1. The average molecular weight is 406 g/mol. The summed E-state index contributed by atoms with van der Waals surface area (Å²) in [5.74, 6) is 0.264. The van der Waals surface area contributed by atoms with Crippen molar-refractivity contribution in [1.29, 1.82) is 0 Å². The van der Waals surface area contributed by atoms with Crippen LogP contribution < -0.4 is 5.32 Å². The minimum absolute atomic E-state index is 0.0361. The van der Waals surface area contributed by atoms with E-state index in [1.54, 1.807) is 0 Å². The van der Waals surface area contributed by atoms with E-state index >= 15 is 0 Å². The van der Waals surface area contributed by atoms with Crippen LogP contribution >= 0.6 is 11.8 Å². The molecule has 148 valence electrons. The number of carbonyl (C=O) groups is 1. The Bertz CT molecular complexity index is 1150. The molecule has 2 aromatic heterocycles. The second-order valence-electron chi connectivity index (χ2n) is 7.07. The molecule has 4 aromatic rings. The fourth-order valence-electron chi connectivity index (χ4n) is 3.34. The van der Waals surface area contributed by atoms with Crippen LogP contribution in [0.15, 0.2) is 59.9 Å². The summed E-state index contributed by atoms with van der Waals surface area (Å²) in [6.45, 7) is 6.04. The zero-order valence-electron chi connectivity index (χ0n) is 16.6. The van der Waals surface area contributed by atoms with E-state index in [-0.39, 0.29) is 11.9 Å². The molecule has 29 heavy (non-hydrogen) atoms. The van der Waals surface area contributed by atoms with Gasteiger partial charge in [-0.25, -0.2) is 9.67 Å². The quantitative estimate of drug-likeness (QED) is 0.468. The molecule has 0 radical (unpaired) electrons. The van der Waals surface area contributed by atoms with Crippen LogP contribution in [0.4, 0.5) is 0 Å². The SMILES string of the molecule is Cc1ccc2nc(SCC(=O)N[C@@H](C)c3cnn(-c4ccccc4)c3C)[nH]c2c1. The van der Waals surface area contributed by atoms with Gasteiger partial charge in [-0.15, -0.1) is 0 Å². The van der Waals surface area contributed by atoms with Crippen molar-refractivity contribution in [1.82, 2.24) is 25.1 Å². The lowest BCUT2D eigenvalue weighted by Crippen LogP contribution is -2.28. The lowest BCUT2D eigenvalue weighted by molar-refractivity contribution is -0.119. The first kappa shape index (κ1) is 19.3. The molecule has 0 spiro atoms. The number of hydrogen-bond donors (Lipinski definition) is 2. The van der Waals surface area contributed by atoms with Gasteiger partial charge in [0.05, 0.1) is 34.7 Å². The van der Waals surface area contributed by atoms with Crippen molar-refractivity contribution >= 4 is 28.7 Å². The largest absolute Gasteiger partial charge is 0.349 e. The number of hydrogen-bond acceptors (Lipinski definition) is 4. The molecule has 4 rings (SSSR count). The van der Waals surface area contributed by atoms with Gasteiger partial charge in [0.2, 0.25) is 5.91 Å². The maximum absolute atomic E-state index is 12.5.